The van der Waals surface area contributed by atoms with Crippen LogP contribution in [-0.4, -0.2) is 29.0 Å². The fourth-order valence-electron chi connectivity index (χ4n) is 4.16. The highest BCUT2D eigenvalue weighted by molar-refractivity contribution is 7.97. The van der Waals surface area contributed by atoms with Crippen molar-refractivity contribution in [3.63, 3.8) is 0 Å². The lowest BCUT2D eigenvalue weighted by molar-refractivity contribution is -0.121. The van der Waals surface area contributed by atoms with Crippen molar-refractivity contribution in [3.8, 4) is 11.1 Å². The van der Waals surface area contributed by atoms with E-state index in [2.05, 4.69) is 23.7 Å². The number of nitrogens with zero attached hydrogens (tertiary/aromatic N) is 2. The number of carbonyl (C=O) groups excluding carboxylic acids is 1. The molecule has 5 nitrogen and oxygen atoms in total. The first-order valence-corrected chi connectivity index (χ1v) is 12.2. The molecule has 0 bridgehead atoms. The van der Waals surface area contributed by atoms with Crippen molar-refractivity contribution in [2.45, 2.75) is 25.1 Å². The second-order valence-corrected chi connectivity index (χ2v) is 8.93. The van der Waals surface area contributed by atoms with E-state index >= 15 is 0 Å². The molecule has 4 rings (SSSR count). The number of nitrogens with one attached hydrogen (secondary N) is 1. The van der Waals surface area contributed by atoms with Crippen molar-refractivity contribution in [3.05, 3.63) is 93.2 Å². The van der Waals surface area contributed by atoms with Crippen molar-refractivity contribution in [2.24, 2.45) is 12.0 Å². The molecule has 0 unspecified atom stereocenters. The molecule has 1 aliphatic heterocycles. The van der Waals surface area contributed by atoms with E-state index in [0.717, 1.165) is 39.1 Å². The molecule has 170 valence electrons. The minimum Gasteiger partial charge on any atom is -0.356 e. The maximum Gasteiger partial charge on any atom is 0.250 e. The van der Waals surface area contributed by atoms with E-state index in [0.29, 0.717) is 12.3 Å². The number of aryl methyl sites for hydroxylation is 1. The summed E-state index contributed by atoms with van der Waals surface area (Å²) in [4.78, 5) is 30.2. The van der Waals surface area contributed by atoms with Gasteiger partial charge in [0.25, 0.3) is 5.56 Å². The summed E-state index contributed by atoms with van der Waals surface area (Å²) >= 11 is 1.73. The topological polar surface area (TPSA) is 63.5 Å². The van der Waals surface area contributed by atoms with Crippen LogP contribution in [0.1, 0.15) is 41.6 Å². The largest absolute Gasteiger partial charge is 0.356 e. The molecule has 0 spiro atoms. The summed E-state index contributed by atoms with van der Waals surface area (Å²) in [5.74, 6) is 0.388. The number of pyridine rings is 1. The Labute approximate surface area is 196 Å². The van der Waals surface area contributed by atoms with Gasteiger partial charge in [-0.1, -0.05) is 12.1 Å². The van der Waals surface area contributed by atoms with Crippen LogP contribution >= 0.6 is 11.8 Å². The van der Waals surface area contributed by atoms with Gasteiger partial charge in [0.15, 0.2) is 0 Å². The molecule has 0 saturated heterocycles. The molecule has 1 amide bonds. The SMILES string of the molecule is CCNC(=O)C[C@@H]1N=C(c2ccc(F)cc2)c2ccc(CSC)cc2-c2cn(C)c(=O)cc21. The third kappa shape index (κ3) is 4.78. The van der Waals surface area contributed by atoms with E-state index in [1.54, 1.807) is 41.6 Å². The summed E-state index contributed by atoms with van der Waals surface area (Å²) < 4.78 is 15.2. The number of rotatable bonds is 6. The smallest absolute Gasteiger partial charge is 0.250 e. The summed E-state index contributed by atoms with van der Waals surface area (Å²) in [5, 5.41) is 2.84. The Morgan fingerprint density at radius 2 is 1.88 bits per heavy atom. The Morgan fingerprint density at radius 3 is 2.58 bits per heavy atom. The number of aliphatic imine (C=N–C) groups is 1. The van der Waals surface area contributed by atoms with Gasteiger partial charge in [0.05, 0.1) is 18.2 Å². The lowest BCUT2D eigenvalue weighted by atomic mass is 9.90. The number of thioether (sulfide) groups is 1. The van der Waals surface area contributed by atoms with Crippen LogP contribution in [0, 0.1) is 5.82 Å². The van der Waals surface area contributed by atoms with E-state index in [1.807, 2.05) is 19.2 Å². The molecule has 1 atom stereocenters. The molecule has 2 heterocycles. The van der Waals surface area contributed by atoms with Crippen molar-refractivity contribution < 1.29 is 9.18 Å². The van der Waals surface area contributed by atoms with Gasteiger partial charge in [0.2, 0.25) is 5.91 Å². The average Bonchev–Trinajstić information content (AvgIpc) is 2.90. The maximum absolute atomic E-state index is 13.7. The number of amides is 1. The summed E-state index contributed by atoms with van der Waals surface area (Å²) in [6.45, 7) is 2.38. The zero-order valence-electron chi connectivity index (χ0n) is 18.9. The number of fused-ring (bicyclic) bond motifs is 3. The predicted molar refractivity (Wildman–Crippen MR) is 132 cm³/mol. The van der Waals surface area contributed by atoms with Crippen molar-refractivity contribution in [1.82, 2.24) is 9.88 Å². The second-order valence-electron chi connectivity index (χ2n) is 8.06. The Balaban J connectivity index is 2.00. The molecular formula is C26H26FN3O2S. The molecule has 1 N–H and O–H groups in total. The highest BCUT2D eigenvalue weighted by Gasteiger charge is 2.27. The molecule has 3 aromatic rings. The Morgan fingerprint density at radius 1 is 1.12 bits per heavy atom. The molecule has 0 radical (unpaired) electrons. The zero-order chi connectivity index (χ0) is 23.5. The molecule has 7 heteroatoms. The van der Waals surface area contributed by atoms with Gasteiger partial charge in [-0.05, 0) is 60.2 Å². The van der Waals surface area contributed by atoms with Gasteiger partial charge in [-0.25, -0.2) is 4.39 Å². The van der Waals surface area contributed by atoms with Crippen LogP contribution in [0.15, 0.2) is 64.5 Å². The monoisotopic (exact) mass is 463 g/mol. The number of hydrogen-bond acceptors (Lipinski definition) is 4. The fraction of sp³-hybridized carbons (Fsp3) is 0.269. The quantitative estimate of drug-likeness (QED) is 0.587. The minimum absolute atomic E-state index is 0.115. The van der Waals surface area contributed by atoms with Crippen LogP contribution in [0.4, 0.5) is 4.39 Å². The van der Waals surface area contributed by atoms with Crippen molar-refractivity contribution in [1.29, 1.82) is 0 Å². The summed E-state index contributed by atoms with van der Waals surface area (Å²) in [6.07, 6.45) is 3.99. The van der Waals surface area contributed by atoms with Crippen molar-refractivity contribution in [2.75, 3.05) is 12.8 Å². The van der Waals surface area contributed by atoms with Crippen LogP contribution in [0.2, 0.25) is 0 Å². The van der Waals surface area contributed by atoms with Crippen LogP contribution in [0.5, 0.6) is 0 Å². The van der Waals surface area contributed by atoms with E-state index in [4.69, 9.17) is 4.99 Å². The lowest BCUT2D eigenvalue weighted by Crippen LogP contribution is -2.25. The minimum atomic E-state index is -0.545. The molecule has 0 fully saturated rings. The Hall–Kier alpha value is -3.19. The zero-order valence-corrected chi connectivity index (χ0v) is 19.7. The van der Waals surface area contributed by atoms with E-state index in [1.165, 1.54) is 12.1 Å². The highest BCUT2D eigenvalue weighted by atomic mass is 32.2. The highest BCUT2D eigenvalue weighted by Crippen LogP contribution is 2.39. The molecule has 33 heavy (non-hydrogen) atoms. The normalized spacial score (nSPS) is 14.7. The van der Waals surface area contributed by atoms with Gasteiger partial charge in [0.1, 0.15) is 5.82 Å². The Kier molecular flexibility index (Phi) is 6.79. The van der Waals surface area contributed by atoms with Gasteiger partial charge < -0.3 is 9.88 Å². The third-order valence-electron chi connectivity index (χ3n) is 5.71. The van der Waals surface area contributed by atoms with Crippen LogP contribution in [0.3, 0.4) is 0 Å². The van der Waals surface area contributed by atoms with Gasteiger partial charge in [0, 0.05) is 48.3 Å². The predicted octanol–water partition coefficient (Wildman–Crippen LogP) is 4.47. The number of benzene rings is 2. The first kappa shape index (κ1) is 23.0. The number of halogens is 1. The van der Waals surface area contributed by atoms with Crippen molar-refractivity contribution >= 4 is 23.4 Å². The standard InChI is InChI=1S/C26H26FN3O2S/c1-4-28-24(31)13-23-21-12-25(32)30(2)14-22(21)20-11-16(15-33-3)5-10-19(20)26(29-23)17-6-8-18(27)9-7-17/h5-12,14,23H,4,13,15H2,1-3H3,(H,28,31)/t23-/m0/s1. The fourth-order valence-corrected chi connectivity index (χ4v) is 4.67. The van der Waals surface area contributed by atoms with Gasteiger partial charge in [-0.15, -0.1) is 0 Å². The van der Waals surface area contributed by atoms with Crippen LogP contribution in [0.25, 0.3) is 11.1 Å². The van der Waals surface area contributed by atoms with Gasteiger partial charge >= 0.3 is 0 Å². The summed E-state index contributed by atoms with van der Waals surface area (Å²) in [6, 6.07) is 13.5. The molecule has 1 aliphatic rings. The molecule has 0 aliphatic carbocycles. The first-order valence-electron chi connectivity index (χ1n) is 10.8. The summed E-state index contributed by atoms with van der Waals surface area (Å²) in [7, 11) is 1.72. The second kappa shape index (κ2) is 9.75. The van der Waals surface area contributed by atoms with Gasteiger partial charge in [-0.3, -0.25) is 14.6 Å². The summed E-state index contributed by atoms with van der Waals surface area (Å²) in [5.41, 5.74) is 5.89. The lowest BCUT2D eigenvalue weighted by Gasteiger charge is -2.16. The molecule has 1 aromatic heterocycles. The van der Waals surface area contributed by atoms with E-state index in [-0.39, 0.29) is 23.7 Å². The van der Waals surface area contributed by atoms with Gasteiger partial charge in [-0.2, -0.15) is 11.8 Å². The Bertz CT molecular complexity index is 1280. The number of aromatic nitrogens is 1. The number of carbonyl (C=O) groups is 1. The van der Waals surface area contributed by atoms with E-state index < -0.39 is 6.04 Å². The first-order chi connectivity index (χ1) is 15.9. The maximum atomic E-state index is 13.7. The number of hydrogen-bond donors (Lipinski definition) is 1. The molecule has 0 saturated carbocycles. The van der Waals surface area contributed by atoms with Crippen LogP contribution in [-0.2, 0) is 17.6 Å². The average molecular weight is 464 g/mol. The van der Waals surface area contributed by atoms with E-state index in [9.17, 15) is 14.0 Å². The molecule has 2 aromatic carbocycles. The third-order valence-corrected chi connectivity index (χ3v) is 6.34. The van der Waals surface area contributed by atoms with Crippen LogP contribution < -0.4 is 10.9 Å². The molecular weight excluding hydrogens is 437 g/mol.